The van der Waals surface area contributed by atoms with E-state index in [1.807, 2.05) is 0 Å². The fourth-order valence-corrected chi connectivity index (χ4v) is 2.46. The van der Waals surface area contributed by atoms with Crippen LogP contribution in [-0.2, 0) is 6.18 Å². The maximum Gasteiger partial charge on any atom is 0.422 e. The van der Waals surface area contributed by atoms with Crippen molar-refractivity contribution in [3.05, 3.63) is 31.9 Å². The number of anilines is 1. The standard InChI is InChI=1S/C13H15F3N4O4S2/c1-4-5-17-9-8(18(21)22)6-7(13(14,15)16)11(10(9)19(23)24)20(2,3)12(25)26/h6,17H,4-5H2,1-3H3/p+1. The number of nitro benzene ring substituents is 2. The van der Waals surface area contributed by atoms with Crippen LogP contribution in [0.5, 0.6) is 0 Å². The first-order valence-corrected chi connectivity index (χ1v) is 8.01. The van der Waals surface area contributed by atoms with Gasteiger partial charge in [-0.15, -0.1) is 0 Å². The van der Waals surface area contributed by atoms with Gasteiger partial charge in [-0.1, -0.05) is 19.6 Å². The van der Waals surface area contributed by atoms with Gasteiger partial charge in [-0.3, -0.25) is 20.2 Å². The predicted molar refractivity (Wildman–Crippen MR) is 98.8 cm³/mol. The van der Waals surface area contributed by atoms with Gasteiger partial charge in [0.05, 0.1) is 23.9 Å². The molecular formula is C13H16F3N4O4S2+. The van der Waals surface area contributed by atoms with Crippen molar-refractivity contribution in [2.45, 2.75) is 19.5 Å². The summed E-state index contributed by atoms with van der Waals surface area (Å²) in [5.74, 6) is 0. The zero-order valence-corrected chi connectivity index (χ0v) is 15.7. The average molecular weight is 413 g/mol. The summed E-state index contributed by atoms with van der Waals surface area (Å²) in [6, 6.07) is 0.284. The molecule has 144 valence electrons. The van der Waals surface area contributed by atoms with Gasteiger partial charge < -0.3 is 5.32 Å². The minimum absolute atomic E-state index is 0.0885. The molecule has 0 fully saturated rings. The Kier molecular flexibility index (Phi) is 6.54. The van der Waals surface area contributed by atoms with Crippen LogP contribution in [0.2, 0.25) is 0 Å². The molecule has 0 aromatic heterocycles. The molecule has 0 bridgehead atoms. The van der Waals surface area contributed by atoms with E-state index in [4.69, 9.17) is 12.2 Å². The Labute approximate surface area is 157 Å². The minimum Gasteiger partial charge on any atom is -0.374 e. The normalized spacial score (nSPS) is 12.0. The van der Waals surface area contributed by atoms with Crippen molar-refractivity contribution < 1.29 is 23.0 Å². The van der Waals surface area contributed by atoms with Crippen molar-refractivity contribution in [1.29, 1.82) is 0 Å². The van der Waals surface area contributed by atoms with E-state index in [0.717, 1.165) is 0 Å². The number of nitrogens with one attached hydrogen (secondary N) is 1. The molecule has 0 saturated heterocycles. The second-order valence-corrected chi connectivity index (χ2v) is 6.80. The first-order valence-electron chi connectivity index (χ1n) is 7.15. The van der Waals surface area contributed by atoms with E-state index in [9.17, 15) is 33.4 Å². The first-order chi connectivity index (χ1) is 11.8. The SMILES string of the molecule is CCCNc1c([N+](=O)[O-])cc(C(F)(F)F)c([N+](C)(C)C(=S)S)c1[N+](=O)[O-]. The second-order valence-electron chi connectivity index (χ2n) is 5.69. The summed E-state index contributed by atoms with van der Waals surface area (Å²) in [5.41, 5.74) is -5.03. The zero-order chi connectivity index (χ0) is 20.4. The Bertz CT molecular complexity index is 769. The molecule has 0 aliphatic heterocycles. The van der Waals surface area contributed by atoms with Crippen LogP contribution in [0.4, 0.5) is 35.9 Å². The maximum absolute atomic E-state index is 13.6. The number of nitro groups is 2. The molecule has 0 aliphatic carbocycles. The summed E-state index contributed by atoms with van der Waals surface area (Å²) in [4.78, 5) is 20.7. The fraction of sp³-hybridized carbons (Fsp3) is 0.462. The van der Waals surface area contributed by atoms with Crippen molar-refractivity contribution in [3.63, 3.8) is 0 Å². The van der Waals surface area contributed by atoms with Crippen LogP contribution in [0.25, 0.3) is 0 Å². The van der Waals surface area contributed by atoms with Gasteiger partial charge in [-0.25, -0.2) is 4.48 Å². The Balaban J connectivity index is 4.15. The Morgan fingerprint density at radius 1 is 1.31 bits per heavy atom. The second kappa shape index (κ2) is 7.72. The van der Waals surface area contributed by atoms with Gasteiger partial charge in [-0.2, -0.15) is 13.2 Å². The average Bonchev–Trinajstić information content (AvgIpc) is 2.49. The number of alkyl halides is 3. The lowest BCUT2D eigenvalue weighted by Gasteiger charge is -2.29. The van der Waals surface area contributed by atoms with E-state index in [-0.39, 0.29) is 16.9 Å². The molecular weight excluding hydrogens is 397 g/mol. The monoisotopic (exact) mass is 413 g/mol. The minimum atomic E-state index is -5.08. The summed E-state index contributed by atoms with van der Waals surface area (Å²) in [5, 5.41) is 25.4. The largest absolute Gasteiger partial charge is 0.422 e. The molecule has 0 spiro atoms. The number of benzene rings is 1. The number of thiol groups is 1. The van der Waals surface area contributed by atoms with E-state index in [2.05, 4.69) is 17.9 Å². The van der Waals surface area contributed by atoms with Crippen molar-refractivity contribution in [1.82, 2.24) is 4.48 Å². The van der Waals surface area contributed by atoms with Crippen LogP contribution in [-0.4, -0.2) is 34.8 Å². The van der Waals surface area contributed by atoms with Gasteiger partial charge in [0, 0.05) is 12.6 Å². The lowest BCUT2D eigenvalue weighted by Crippen LogP contribution is -2.44. The predicted octanol–water partition coefficient (Wildman–Crippen LogP) is 4.13. The van der Waals surface area contributed by atoms with Crippen molar-refractivity contribution in [3.8, 4) is 0 Å². The highest BCUT2D eigenvalue weighted by molar-refractivity contribution is 8.11. The molecule has 1 aromatic carbocycles. The smallest absolute Gasteiger partial charge is 0.374 e. The Morgan fingerprint density at radius 3 is 2.19 bits per heavy atom. The van der Waals surface area contributed by atoms with Gasteiger partial charge >= 0.3 is 17.6 Å². The number of thiocarbonyl (C=S) groups is 1. The third-order valence-electron chi connectivity index (χ3n) is 3.53. The Hall–Kier alpha value is -1.99. The molecule has 13 heteroatoms. The summed E-state index contributed by atoms with van der Waals surface area (Å²) in [7, 11) is 2.37. The summed E-state index contributed by atoms with van der Waals surface area (Å²) >= 11 is 8.73. The number of halogens is 3. The molecule has 8 nitrogen and oxygen atoms in total. The van der Waals surface area contributed by atoms with E-state index in [0.29, 0.717) is 6.42 Å². The number of hydrogen-bond donors (Lipinski definition) is 2. The van der Waals surface area contributed by atoms with Crippen LogP contribution in [0, 0.1) is 20.2 Å². The number of quaternary nitrogens is 1. The third kappa shape index (κ3) is 4.22. The third-order valence-corrected chi connectivity index (χ3v) is 4.48. The molecule has 1 aromatic rings. The van der Waals surface area contributed by atoms with E-state index >= 15 is 0 Å². The lowest BCUT2D eigenvalue weighted by molar-refractivity contribution is -0.392. The molecule has 0 radical (unpaired) electrons. The molecule has 0 amide bonds. The first kappa shape index (κ1) is 22.1. The fourth-order valence-electron chi connectivity index (χ4n) is 2.27. The molecule has 1 N–H and O–H groups in total. The molecule has 0 unspecified atom stereocenters. The maximum atomic E-state index is 13.6. The molecule has 26 heavy (non-hydrogen) atoms. The quantitative estimate of drug-likeness (QED) is 0.239. The van der Waals surface area contributed by atoms with Crippen LogP contribution >= 0.6 is 24.8 Å². The molecule has 0 saturated carbocycles. The highest BCUT2D eigenvalue weighted by Crippen LogP contribution is 2.51. The zero-order valence-electron chi connectivity index (χ0n) is 14.0. The topological polar surface area (TPSA) is 98.3 Å². The number of nitrogens with zero attached hydrogens (tertiary/aromatic N) is 3. The number of hydrogen-bond acceptors (Lipinski definition) is 6. The van der Waals surface area contributed by atoms with Crippen molar-refractivity contribution >= 4 is 51.9 Å². The van der Waals surface area contributed by atoms with Crippen molar-refractivity contribution in [2.24, 2.45) is 0 Å². The van der Waals surface area contributed by atoms with Crippen LogP contribution < -0.4 is 9.80 Å². The van der Waals surface area contributed by atoms with E-state index < -0.39 is 48.8 Å². The van der Waals surface area contributed by atoms with Gasteiger partial charge in [0.1, 0.15) is 5.56 Å². The van der Waals surface area contributed by atoms with E-state index in [1.54, 1.807) is 6.92 Å². The Morgan fingerprint density at radius 2 is 1.85 bits per heavy atom. The van der Waals surface area contributed by atoms with E-state index in [1.165, 1.54) is 14.1 Å². The van der Waals surface area contributed by atoms with Crippen LogP contribution in [0.1, 0.15) is 18.9 Å². The highest BCUT2D eigenvalue weighted by atomic mass is 32.1. The van der Waals surface area contributed by atoms with Gasteiger partial charge in [0.2, 0.25) is 10.0 Å². The number of rotatable bonds is 6. The molecule has 0 aliphatic rings. The van der Waals surface area contributed by atoms with Crippen LogP contribution in [0.15, 0.2) is 6.07 Å². The van der Waals surface area contributed by atoms with Crippen molar-refractivity contribution in [2.75, 3.05) is 26.0 Å². The summed E-state index contributed by atoms with van der Waals surface area (Å²) in [6.07, 6.45) is -4.64. The molecule has 0 atom stereocenters. The van der Waals surface area contributed by atoms with Gasteiger partial charge in [-0.05, 0) is 18.6 Å². The summed E-state index contributed by atoms with van der Waals surface area (Å²) < 4.78 is 39.6. The molecule has 1 rings (SSSR count). The van der Waals surface area contributed by atoms with Gasteiger partial charge in [0.15, 0.2) is 5.69 Å². The highest BCUT2D eigenvalue weighted by Gasteiger charge is 2.49. The molecule has 0 heterocycles. The summed E-state index contributed by atoms with van der Waals surface area (Å²) in [6.45, 7) is 1.78. The van der Waals surface area contributed by atoms with Gasteiger partial charge in [0.25, 0.3) is 0 Å². The van der Waals surface area contributed by atoms with Crippen LogP contribution in [0.3, 0.4) is 0 Å². The lowest BCUT2D eigenvalue weighted by atomic mass is 10.0.